The molecule has 24 heavy (non-hydrogen) atoms. The number of nitrogen functional groups attached to an aromatic ring is 1. The van der Waals surface area contributed by atoms with Gasteiger partial charge in [0, 0.05) is 17.9 Å². The summed E-state index contributed by atoms with van der Waals surface area (Å²) in [4.78, 5) is 17.2. The predicted molar refractivity (Wildman–Crippen MR) is 87.3 cm³/mol. The molecule has 3 heterocycles. The van der Waals surface area contributed by atoms with Gasteiger partial charge in [-0.15, -0.1) is 0 Å². The minimum absolute atomic E-state index is 0.0927. The zero-order chi connectivity index (χ0) is 16.8. The van der Waals surface area contributed by atoms with E-state index in [0.29, 0.717) is 33.9 Å². The van der Waals surface area contributed by atoms with E-state index in [4.69, 9.17) is 24.7 Å². The molecular formula is C15H15N3O5S. The van der Waals surface area contributed by atoms with Crippen LogP contribution < -0.4 is 30.0 Å². The third-order valence-electron chi connectivity index (χ3n) is 4.02. The molecule has 0 unspecified atom stereocenters. The molecule has 1 aromatic carbocycles. The van der Waals surface area contributed by atoms with E-state index in [0.717, 1.165) is 10.4 Å². The lowest BCUT2D eigenvalue weighted by molar-refractivity contribution is -0.116. The van der Waals surface area contributed by atoms with Crippen molar-refractivity contribution in [2.24, 2.45) is 0 Å². The summed E-state index contributed by atoms with van der Waals surface area (Å²) in [5.74, 6) is 2.17. The zero-order valence-electron chi connectivity index (χ0n) is 13.0. The van der Waals surface area contributed by atoms with Gasteiger partial charge < -0.3 is 30.0 Å². The lowest BCUT2D eigenvalue weighted by atomic mass is 9.90. The average molecular weight is 349 g/mol. The highest BCUT2D eigenvalue weighted by atomic mass is 32.1. The minimum atomic E-state index is -0.248. The summed E-state index contributed by atoms with van der Waals surface area (Å²) < 4.78 is 22.0. The summed E-state index contributed by atoms with van der Waals surface area (Å²) in [5.41, 5.74) is 6.59. The molecule has 2 aromatic rings. The van der Waals surface area contributed by atoms with Crippen LogP contribution in [0.25, 0.3) is 0 Å². The van der Waals surface area contributed by atoms with Crippen LogP contribution in [0.2, 0.25) is 0 Å². The fourth-order valence-electron chi connectivity index (χ4n) is 3.04. The third-order valence-corrected chi connectivity index (χ3v) is 5.02. The Morgan fingerprint density at radius 3 is 2.88 bits per heavy atom. The van der Waals surface area contributed by atoms with Crippen LogP contribution in [0.5, 0.6) is 23.0 Å². The van der Waals surface area contributed by atoms with E-state index in [1.54, 1.807) is 14.2 Å². The normalized spacial score (nSPS) is 18.1. The van der Waals surface area contributed by atoms with Crippen molar-refractivity contribution in [2.45, 2.75) is 12.3 Å². The van der Waals surface area contributed by atoms with Gasteiger partial charge in [-0.3, -0.25) is 4.79 Å². The first-order chi connectivity index (χ1) is 11.6. The van der Waals surface area contributed by atoms with E-state index in [9.17, 15) is 4.79 Å². The Kier molecular flexibility index (Phi) is 3.38. The van der Waals surface area contributed by atoms with Crippen LogP contribution in [0.1, 0.15) is 22.8 Å². The number of nitrogens with one attached hydrogen (secondary N) is 1. The van der Waals surface area contributed by atoms with Gasteiger partial charge in [0.2, 0.25) is 24.2 Å². The summed E-state index contributed by atoms with van der Waals surface area (Å²) in [6, 6.07) is 1.81. The highest BCUT2D eigenvalue weighted by Crippen LogP contribution is 2.54. The molecule has 0 aliphatic carbocycles. The fraction of sp³-hybridized carbons (Fsp3) is 0.333. The Morgan fingerprint density at radius 1 is 1.33 bits per heavy atom. The smallest absolute Gasteiger partial charge is 0.231 e. The summed E-state index contributed by atoms with van der Waals surface area (Å²) in [5, 5.41) is 3.15. The molecule has 0 spiro atoms. The molecule has 1 atom stereocenters. The molecule has 0 radical (unpaired) electrons. The molecule has 2 aliphatic rings. The quantitative estimate of drug-likeness (QED) is 0.872. The van der Waals surface area contributed by atoms with Crippen molar-refractivity contribution in [2.75, 3.05) is 32.1 Å². The maximum atomic E-state index is 12.1. The number of carbonyl (C=O) groups is 1. The number of methoxy groups -OCH3 is 2. The Bertz CT molecular complexity index is 835. The van der Waals surface area contributed by atoms with Crippen molar-refractivity contribution in [1.29, 1.82) is 0 Å². The van der Waals surface area contributed by atoms with Crippen molar-refractivity contribution < 1.29 is 23.7 Å². The number of carbonyl (C=O) groups excluding carboxylic acids is 1. The monoisotopic (exact) mass is 349 g/mol. The van der Waals surface area contributed by atoms with E-state index in [1.165, 1.54) is 11.3 Å². The van der Waals surface area contributed by atoms with E-state index < -0.39 is 0 Å². The SMILES string of the molecule is COc1cc([C@@H]2CC(=O)Nc3nc(N)sc32)c(OC)c2c1OCO2. The molecule has 0 bridgehead atoms. The van der Waals surface area contributed by atoms with Gasteiger partial charge in [-0.05, 0) is 6.07 Å². The lowest BCUT2D eigenvalue weighted by Crippen LogP contribution is -2.23. The van der Waals surface area contributed by atoms with Crippen LogP contribution in [0.4, 0.5) is 10.9 Å². The number of benzene rings is 1. The van der Waals surface area contributed by atoms with Gasteiger partial charge in [0.1, 0.15) is 5.82 Å². The highest BCUT2D eigenvalue weighted by molar-refractivity contribution is 7.16. The van der Waals surface area contributed by atoms with Crippen molar-refractivity contribution in [3.8, 4) is 23.0 Å². The van der Waals surface area contributed by atoms with Gasteiger partial charge >= 0.3 is 0 Å². The van der Waals surface area contributed by atoms with Crippen molar-refractivity contribution >= 4 is 28.2 Å². The van der Waals surface area contributed by atoms with Gasteiger partial charge in [0.25, 0.3) is 0 Å². The maximum absolute atomic E-state index is 12.1. The first-order valence-corrected chi connectivity index (χ1v) is 8.04. The van der Waals surface area contributed by atoms with Crippen molar-refractivity contribution in [3.63, 3.8) is 0 Å². The van der Waals surface area contributed by atoms with Gasteiger partial charge in [-0.25, -0.2) is 4.98 Å². The molecule has 2 aliphatic heterocycles. The zero-order valence-corrected chi connectivity index (χ0v) is 13.9. The maximum Gasteiger partial charge on any atom is 0.231 e. The predicted octanol–water partition coefficient (Wildman–Crippen LogP) is 1.95. The fourth-order valence-corrected chi connectivity index (χ4v) is 3.95. The van der Waals surface area contributed by atoms with Crippen molar-refractivity contribution in [1.82, 2.24) is 4.98 Å². The van der Waals surface area contributed by atoms with Crippen LogP contribution >= 0.6 is 11.3 Å². The Labute approximate surface area is 141 Å². The second kappa shape index (κ2) is 5.45. The first-order valence-electron chi connectivity index (χ1n) is 7.23. The number of anilines is 2. The lowest BCUT2D eigenvalue weighted by Gasteiger charge is -2.24. The summed E-state index contributed by atoms with van der Waals surface area (Å²) in [7, 11) is 3.11. The number of nitrogens with two attached hydrogens (primary N) is 1. The number of hydrogen-bond donors (Lipinski definition) is 2. The summed E-state index contributed by atoms with van der Waals surface area (Å²) in [6.07, 6.45) is 0.258. The molecule has 126 valence electrons. The number of rotatable bonds is 3. The molecule has 8 nitrogen and oxygen atoms in total. The van der Waals surface area contributed by atoms with E-state index in [2.05, 4.69) is 10.3 Å². The molecule has 1 amide bonds. The topological polar surface area (TPSA) is 105 Å². The molecule has 9 heteroatoms. The Morgan fingerprint density at radius 2 is 2.12 bits per heavy atom. The van der Waals surface area contributed by atoms with E-state index in [-0.39, 0.29) is 25.0 Å². The molecule has 3 N–H and O–H groups in total. The molecule has 0 saturated heterocycles. The Balaban J connectivity index is 1.92. The molecular weight excluding hydrogens is 334 g/mol. The number of amides is 1. The summed E-state index contributed by atoms with van der Waals surface area (Å²) in [6.45, 7) is 0.0927. The molecule has 4 rings (SSSR count). The Hall–Kier alpha value is -2.68. The number of fused-ring (bicyclic) bond motifs is 2. The number of ether oxygens (including phenoxy) is 4. The van der Waals surface area contributed by atoms with E-state index >= 15 is 0 Å². The molecule has 0 saturated carbocycles. The summed E-state index contributed by atoms with van der Waals surface area (Å²) >= 11 is 1.34. The number of thiazole rings is 1. The van der Waals surface area contributed by atoms with Gasteiger partial charge in [-0.2, -0.15) is 0 Å². The minimum Gasteiger partial charge on any atom is -0.493 e. The second-order valence-electron chi connectivity index (χ2n) is 5.34. The molecule has 0 fully saturated rings. The van der Waals surface area contributed by atoms with Crippen molar-refractivity contribution in [3.05, 3.63) is 16.5 Å². The van der Waals surface area contributed by atoms with Gasteiger partial charge in [-0.1, -0.05) is 11.3 Å². The average Bonchev–Trinajstić information content (AvgIpc) is 3.18. The van der Waals surface area contributed by atoms with E-state index in [1.807, 2.05) is 6.07 Å². The number of hydrogen-bond acceptors (Lipinski definition) is 8. The van der Waals surface area contributed by atoms with Crippen LogP contribution in [0, 0.1) is 0 Å². The standard InChI is InChI=1S/C15H15N3O5S/c1-20-8-3-6(10(21-2)12-11(8)22-5-23-12)7-4-9(19)17-14-13(7)24-15(16)18-14/h3,7H,4-5H2,1-2H3,(H2,16,18)(H,17,19)/t7-/m0/s1. The largest absolute Gasteiger partial charge is 0.493 e. The van der Waals surface area contributed by atoms with Crippen LogP contribution in [-0.2, 0) is 4.79 Å². The van der Waals surface area contributed by atoms with Gasteiger partial charge in [0.15, 0.2) is 16.6 Å². The van der Waals surface area contributed by atoms with Crippen LogP contribution in [0.3, 0.4) is 0 Å². The number of aromatic nitrogens is 1. The molecule has 1 aromatic heterocycles. The van der Waals surface area contributed by atoms with Gasteiger partial charge in [0.05, 0.1) is 19.1 Å². The first kappa shape index (κ1) is 14.9. The highest BCUT2D eigenvalue weighted by Gasteiger charge is 2.36. The van der Waals surface area contributed by atoms with Crippen LogP contribution in [0.15, 0.2) is 6.07 Å². The number of nitrogens with zero attached hydrogens (tertiary/aromatic N) is 1. The van der Waals surface area contributed by atoms with Crippen LogP contribution in [-0.4, -0.2) is 31.9 Å². The third kappa shape index (κ3) is 2.12. The second-order valence-corrected chi connectivity index (χ2v) is 6.40.